The van der Waals surface area contributed by atoms with Crippen LogP contribution in [0.5, 0.6) is 0 Å². The molecule has 0 bridgehead atoms. The number of guanidine groups is 1. The van der Waals surface area contributed by atoms with E-state index in [-0.39, 0.29) is 42.5 Å². The molecule has 2 fully saturated rings. The first-order valence-corrected chi connectivity index (χ1v) is 12.0. The zero-order valence-electron chi connectivity index (χ0n) is 18.1. The molecular formula is C18H37IN6O3S. The molecule has 0 saturated carbocycles. The normalized spacial score (nSPS) is 23.7. The molecule has 0 aromatic carbocycles. The summed E-state index contributed by atoms with van der Waals surface area (Å²) in [5, 5.41) is 6.61. The van der Waals surface area contributed by atoms with Crippen LogP contribution in [0.1, 0.15) is 32.6 Å². The molecule has 170 valence electrons. The van der Waals surface area contributed by atoms with Gasteiger partial charge in [-0.05, 0) is 38.8 Å². The van der Waals surface area contributed by atoms with E-state index >= 15 is 0 Å². The van der Waals surface area contributed by atoms with E-state index in [0.717, 1.165) is 38.9 Å². The highest BCUT2D eigenvalue weighted by molar-refractivity contribution is 14.0. The number of hydrogen-bond donors (Lipinski definition) is 2. The van der Waals surface area contributed by atoms with Crippen LogP contribution in [0.15, 0.2) is 4.99 Å². The summed E-state index contributed by atoms with van der Waals surface area (Å²) in [6.07, 6.45) is 5.30. The van der Waals surface area contributed by atoms with Gasteiger partial charge in [0.2, 0.25) is 15.9 Å². The van der Waals surface area contributed by atoms with Gasteiger partial charge in [-0.25, -0.2) is 13.4 Å². The monoisotopic (exact) mass is 544 g/mol. The van der Waals surface area contributed by atoms with E-state index in [1.54, 1.807) is 18.4 Å². The van der Waals surface area contributed by atoms with Gasteiger partial charge >= 0.3 is 0 Å². The number of nitrogens with one attached hydrogen (secondary N) is 2. The maximum Gasteiger partial charge on any atom is 0.243 e. The Balaban J connectivity index is 0.00000420. The summed E-state index contributed by atoms with van der Waals surface area (Å²) >= 11 is 0. The van der Waals surface area contributed by atoms with Crippen LogP contribution in [0, 0.1) is 0 Å². The molecular weight excluding hydrogens is 507 g/mol. The van der Waals surface area contributed by atoms with Crippen molar-refractivity contribution in [3.05, 3.63) is 0 Å². The Morgan fingerprint density at radius 1 is 1.10 bits per heavy atom. The van der Waals surface area contributed by atoms with Gasteiger partial charge in [0.15, 0.2) is 5.96 Å². The molecule has 0 aliphatic carbocycles. The van der Waals surface area contributed by atoms with Gasteiger partial charge in [0.25, 0.3) is 0 Å². The van der Waals surface area contributed by atoms with E-state index in [1.807, 2.05) is 0 Å². The van der Waals surface area contributed by atoms with Crippen LogP contribution < -0.4 is 10.6 Å². The molecule has 0 aromatic rings. The number of amides is 1. The van der Waals surface area contributed by atoms with Gasteiger partial charge in [-0.2, -0.15) is 4.31 Å². The van der Waals surface area contributed by atoms with Gasteiger partial charge in [-0.1, -0.05) is 6.92 Å². The smallest absolute Gasteiger partial charge is 0.243 e. The minimum atomic E-state index is -3.21. The SMILES string of the molecule is CCN1CCCC1CNC(=NCC(=O)N(C)C)NC[C@H]1CCCN1S(C)(=O)=O.I. The Kier molecular flexibility index (Phi) is 11.1. The fourth-order valence-electron chi connectivity index (χ4n) is 3.88. The number of sulfonamides is 1. The molecule has 2 aliphatic rings. The number of rotatable bonds is 8. The standard InChI is InChI=1S/C18H36N6O3S.HI/c1-5-23-10-6-8-15(23)12-19-18(21-14-17(25)22(2)3)20-13-16-9-7-11-24(16)28(4,26)27;/h15-16H,5-14H2,1-4H3,(H2,19,20,21);1H/t15?,16-;/m1./s1. The molecule has 2 aliphatic heterocycles. The Morgan fingerprint density at radius 2 is 1.69 bits per heavy atom. The third kappa shape index (κ3) is 8.18. The van der Waals surface area contributed by atoms with Gasteiger partial charge in [0.1, 0.15) is 6.54 Å². The number of carbonyl (C=O) groups excluding carboxylic acids is 1. The van der Waals surface area contributed by atoms with Crippen molar-refractivity contribution in [2.24, 2.45) is 4.99 Å². The number of hydrogen-bond acceptors (Lipinski definition) is 5. The maximum atomic E-state index is 11.9. The van der Waals surface area contributed by atoms with Crippen LogP contribution in [-0.4, -0.2) is 106 Å². The maximum absolute atomic E-state index is 11.9. The van der Waals surface area contributed by atoms with Crippen molar-refractivity contribution >= 4 is 45.9 Å². The first kappa shape index (κ1) is 26.4. The third-order valence-corrected chi connectivity index (χ3v) is 6.87. The second kappa shape index (κ2) is 12.3. The van der Waals surface area contributed by atoms with Crippen LogP contribution in [-0.2, 0) is 14.8 Å². The second-order valence-corrected chi connectivity index (χ2v) is 9.74. The fraction of sp³-hybridized carbons (Fsp3) is 0.889. The highest BCUT2D eigenvalue weighted by atomic mass is 127. The van der Waals surface area contributed by atoms with E-state index in [9.17, 15) is 13.2 Å². The van der Waals surface area contributed by atoms with E-state index in [1.165, 1.54) is 17.6 Å². The Hall–Kier alpha value is -0.660. The largest absolute Gasteiger partial charge is 0.355 e. The lowest BCUT2D eigenvalue weighted by molar-refractivity contribution is -0.127. The van der Waals surface area contributed by atoms with Crippen molar-refractivity contribution < 1.29 is 13.2 Å². The molecule has 2 rings (SSSR count). The van der Waals surface area contributed by atoms with Crippen molar-refractivity contribution in [1.82, 2.24) is 24.7 Å². The van der Waals surface area contributed by atoms with E-state index in [4.69, 9.17) is 0 Å². The van der Waals surface area contributed by atoms with Gasteiger partial charge in [-0.3, -0.25) is 9.69 Å². The third-order valence-electron chi connectivity index (χ3n) is 5.54. The van der Waals surface area contributed by atoms with Crippen molar-refractivity contribution in [3.8, 4) is 0 Å². The molecule has 11 heteroatoms. The number of likely N-dealkylation sites (N-methyl/N-ethyl adjacent to an activating group) is 2. The summed E-state index contributed by atoms with van der Waals surface area (Å²) in [6.45, 7) is 6.18. The lowest BCUT2D eigenvalue weighted by atomic mass is 10.2. The molecule has 0 radical (unpaired) electrons. The number of carbonyl (C=O) groups is 1. The molecule has 0 aromatic heterocycles. The van der Waals surface area contributed by atoms with E-state index < -0.39 is 10.0 Å². The van der Waals surface area contributed by atoms with Crippen LogP contribution in [0.3, 0.4) is 0 Å². The molecule has 0 spiro atoms. The summed E-state index contributed by atoms with van der Waals surface area (Å²) in [5.74, 6) is 0.495. The average Bonchev–Trinajstić information content (AvgIpc) is 3.28. The van der Waals surface area contributed by atoms with Crippen LogP contribution in [0.4, 0.5) is 0 Å². The molecule has 9 nitrogen and oxygen atoms in total. The number of nitrogens with zero attached hydrogens (tertiary/aromatic N) is 4. The lowest BCUT2D eigenvalue weighted by Crippen LogP contribution is -2.49. The number of aliphatic imine (C=N–C) groups is 1. The Labute approximate surface area is 192 Å². The zero-order chi connectivity index (χ0) is 20.7. The first-order valence-electron chi connectivity index (χ1n) is 10.2. The summed E-state index contributed by atoms with van der Waals surface area (Å²) in [4.78, 5) is 20.3. The molecule has 1 amide bonds. The topological polar surface area (TPSA) is 97.3 Å². The molecule has 1 unspecified atom stereocenters. The van der Waals surface area contributed by atoms with Crippen molar-refractivity contribution in [2.45, 2.75) is 44.7 Å². The predicted octanol–water partition coefficient (Wildman–Crippen LogP) is 0.136. The minimum Gasteiger partial charge on any atom is -0.355 e. The summed E-state index contributed by atoms with van der Waals surface area (Å²) in [6, 6.07) is 0.380. The molecule has 2 heterocycles. The highest BCUT2D eigenvalue weighted by Gasteiger charge is 2.31. The minimum absolute atomic E-state index is 0. The molecule has 2 saturated heterocycles. The average molecular weight is 545 g/mol. The van der Waals surface area contributed by atoms with Gasteiger partial charge in [0.05, 0.1) is 6.26 Å². The van der Waals surface area contributed by atoms with Gasteiger partial charge < -0.3 is 15.5 Å². The van der Waals surface area contributed by atoms with Crippen molar-refractivity contribution in [2.75, 3.05) is 59.6 Å². The van der Waals surface area contributed by atoms with E-state index in [0.29, 0.717) is 25.1 Å². The quantitative estimate of drug-likeness (QED) is 0.256. The number of likely N-dealkylation sites (tertiary alicyclic amines) is 1. The van der Waals surface area contributed by atoms with Crippen molar-refractivity contribution in [3.63, 3.8) is 0 Å². The fourth-order valence-corrected chi connectivity index (χ4v) is 5.07. The van der Waals surface area contributed by atoms with Crippen LogP contribution in [0.2, 0.25) is 0 Å². The highest BCUT2D eigenvalue weighted by Crippen LogP contribution is 2.19. The van der Waals surface area contributed by atoms with E-state index in [2.05, 4.69) is 27.4 Å². The predicted molar refractivity (Wildman–Crippen MR) is 127 cm³/mol. The van der Waals surface area contributed by atoms with Gasteiger partial charge in [-0.15, -0.1) is 24.0 Å². The molecule has 2 N–H and O–H groups in total. The van der Waals surface area contributed by atoms with Crippen LogP contribution >= 0.6 is 24.0 Å². The lowest BCUT2D eigenvalue weighted by Gasteiger charge is -2.26. The summed E-state index contributed by atoms with van der Waals surface area (Å²) < 4.78 is 25.4. The van der Waals surface area contributed by atoms with Gasteiger partial charge in [0, 0.05) is 45.8 Å². The molecule has 2 atom stereocenters. The summed E-state index contributed by atoms with van der Waals surface area (Å²) in [7, 11) is 0.207. The Bertz CT molecular complexity index is 658. The summed E-state index contributed by atoms with van der Waals surface area (Å²) in [5.41, 5.74) is 0. The second-order valence-electron chi connectivity index (χ2n) is 7.81. The first-order chi connectivity index (χ1) is 13.2. The molecule has 29 heavy (non-hydrogen) atoms. The van der Waals surface area contributed by atoms with Crippen LogP contribution in [0.25, 0.3) is 0 Å². The number of halogens is 1. The van der Waals surface area contributed by atoms with Crippen molar-refractivity contribution in [1.29, 1.82) is 0 Å². The Morgan fingerprint density at radius 3 is 2.28 bits per heavy atom. The zero-order valence-corrected chi connectivity index (χ0v) is 21.2.